The Balaban J connectivity index is 2.99. The number of nitriles is 1. The van der Waals surface area contributed by atoms with Crippen molar-refractivity contribution in [3.05, 3.63) is 67.4 Å². The Morgan fingerprint density at radius 2 is 2.22 bits per heavy atom. The number of H-pyrrole nitrogens is 1. The number of nitrogens with zero attached hydrogens (tertiary/aromatic N) is 2. The van der Waals surface area contributed by atoms with Crippen LogP contribution in [-0.2, 0) is 6.50 Å². The monoisotopic (exact) mass is 267 g/mol. The Labute approximate surface area is 115 Å². The van der Waals surface area contributed by atoms with Crippen molar-refractivity contribution in [1.82, 2.24) is 9.55 Å². The standard InChI is InChI=1S/C12H8ClN3O2/c13-10-5-11(17)15-12(18)16(10)7-9-4-2-1-3-8(9)6-14/h1-5H,7H2,(H,15,17,18)/i1D,2D,3D,4D,7D2. The third kappa shape index (κ3) is 2.34. The van der Waals surface area contributed by atoms with Gasteiger partial charge in [0.05, 0.1) is 26.4 Å². The normalized spacial score (nSPS) is 15.6. The predicted molar refractivity (Wildman–Crippen MR) is 66.6 cm³/mol. The van der Waals surface area contributed by atoms with E-state index < -0.39 is 58.2 Å². The highest BCUT2D eigenvalue weighted by atomic mass is 35.5. The molecule has 2 aromatic rings. The average molecular weight is 268 g/mol. The molecule has 2 rings (SSSR count). The van der Waals surface area contributed by atoms with E-state index in [-0.39, 0.29) is 0 Å². The van der Waals surface area contributed by atoms with Crippen molar-refractivity contribution in [3.63, 3.8) is 0 Å². The minimum atomic E-state index is -2.92. The molecule has 18 heavy (non-hydrogen) atoms. The van der Waals surface area contributed by atoms with Gasteiger partial charge in [-0.05, 0) is 11.6 Å². The number of hydrogen-bond acceptors (Lipinski definition) is 3. The van der Waals surface area contributed by atoms with E-state index in [0.717, 1.165) is 6.07 Å². The van der Waals surface area contributed by atoms with E-state index in [2.05, 4.69) is 0 Å². The largest absolute Gasteiger partial charge is 0.329 e. The Bertz CT molecular complexity index is 1010. The first-order valence-corrected chi connectivity index (χ1v) is 4.95. The molecule has 1 heterocycles. The molecular weight excluding hydrogens is 254 g/mol. The first kappa shape index (κ1) is 6.57. The zero-order chi connectivity index (χ0) is 18.4. The van der Waals surface area contributed by atoms with Crippen LogP contribution in [0.5, 0.6) is 0 Å². The molecular formula is C12H8ClN3O2. The highest BCUT2D eigenvalue weighted by Gasteiger charge is 2.07. The predicted octanol–water partition coefficient (Wildman–Crippen LogP) is 1.11. The maximum atomic E-state index is 11.9. The molecule has 0 aliphatic heterocycles. The lowest BCUT2D eigenvalue weighted by atomic mass is 10.1. The van der Waals surface area contributed by atoms with Crippen LogP contribution in [0, 0.1) is 11.3 Å². The van der Waals surface area contributed by atoms with Crippen LogP contribution in [0.25, 0.3) is 0 Å². The van der Waals surface area contributed by atoms with Crippen molar-refractivity contribution >= 4 is 11.6 Å². The van der Waals surface area contributed by atoms with E-state index in [1.807, 2.05) is 0 Å². The van der Waals surface area contributed by atoms with Gasteiger partial charge in [-0.2, -0.15) is 5.26 Å². The smallest absolute Gasteiger partial charge is 0.279 e. The number of hydrogen-bond donors (Lipinski definition) is 1. The second-order valence-corrected chi connectivity index (χ2v) is 3.46. The molecule has 0 aliphatic rings. The molecule has 0 bridgehead atoms. The first-order valence-electron chi connectivity index (χ1n) is 7.57. The molecule has 0 unspecified atom stereocenters. The summed E-state index contributed by atoms with van der Waals surface area (Å²) in [5, 5.41) is 8.60. The highest BCUT2D eigenvalue weighted by molar-refractivity contribution is 6.29. The van der Waals surface area contributed by atoms with Gasteiger partial charge in [-0.25, -0.2) is 4.79 Å². The highest BCUT2D eigenvalue weighted by Crippen LogP contribution is 2.11. The van der Waals surface area contributed by atoms with E-state index in [9.17, 15) is 14.9 Å². The number of nitrogens with one attached hydrogen (secondary N) is 1. The fourth-order valence-electron chi connectivity index (χ4n) is 1.16. The zero-order valence-corrected chi connectivity index (χ0v) is 9.42. The summed E-state index contributed by atoms with van der Waals surface area (Å²) in [7, 11) is 0. The molecule has 0 atom stereocenters. The average Bonchev–Trinajstić information content (AvgIpc) is 2.46. The molecule has 1 aromatic heterocycles. The Kier molecular flexibility index (Phi) is 1.79. The summed E-state index contributed by atoms with van der Waals surface area (Å²) < 4.78 is 47.3. The Morgan fingerprint density at radius 3 is 2.89 bits per heavy atom. The maximum absolute atomic E-state index is 11.9. The molecule has 1 N–H and O–H groups in total. The summed E-state index contributed by atoms with van der Waals surface area (Å²) in [5.41, 5.74) is -3.52. The zero-order valence-electron chi connectivity index (χ0n) is 14.7. The molecule has 6 heteroatoms. The van der Waals surface area contributed by atoms with Gasteiger partial charge in [0.25, 0.3) is 5.56 Å². The Hall–Kier alpha value is -2.32. The fourth-order valence-corrected chi connectivity index (χ4v) is 1.38. The van der Waals surface area contributed by atoms with E-state index in [0.29, 0.717) is 4.57 Å². The molecule has 5 nitrogen and oxygen atoms in total. The summed E-state index contributed by atoms with van der Waals surface area (Å²) in [4.78, 5) is 25.0. The van der Waals surface area contributed by atoms with E-state index in [4.69, 9.17) is 19.8 Å². The van der Waals surface area contributed by atoms with Crippen molar-refractivity contribution in [1.29, 1.82) is 5.26 Å². The van der Waals surface area contributed by atoms with Crippen LogP contribution in [0.1, 0.15) is 19.4 Å². The third-order valence-electron chi connectivity index (χ3n) is 1.92. The SMILES string of the molecule is [2H]c1c([2H])c([2H])c(C([2H])([2H])n2c(Cl)cc(=O)[nH]c2=O)c(C#N)c1[2H]. The Morgan fingerprint density at radius 1 is 1.50 bits per heavy atom. The molecule has 90 valence electrons. The van der Waals surface area contributed by atoms with Crippen molar-refractivity contribution < 1.29 is 8.22 Å². The van der Waals surface area contributed by atoms with Gasteiger partial charge in [0.1, 0.15) is 5.15 Å². The minimum Gasteiger partial charge on any atom is -0.279 e. The van der Waals surface area contributed by atoms with Gasteiger partial charge in [0.15, 0.2) is 0 Å². The third-order valence-corrected chi connectivity index (χ3v) is 2.20. The lowest BCUT2D eigenvalue weighted by Gasteiger charge is -2.08. The summed E-state index contributed by atoms with van der Waals surface area (Å²) in [6, 6.07) is -0.803. The molecule has 1 aromatic carbocycles. The van der Waals surface area contributed by atoms with E-state index >= 15 is 0 Å². The van der Waals surface area contributed by atoms with Gasteiger partial charge >= 0.3 is 5.69 Å². The minimum absolute atomic E-state index is 0.298. The van der Waals surface area contributed by atoms with Crippen molar-refractivity contribution in [2.24, 2.45) is 0 Å². The van der Waals surface area contributed by atoms with E-state index in [1.54, 1.807) is 4.98 Å². The van der Waals surface area contributed by atoms with Gasteiger partial charge in [-0.15, -0.1) is 0 Å². The molecule has 0 amide bonds. The van der Waals surface area contributed by atoms with Crippen molar-refractivity contribution in [3.8, 4) is 6.07 Å². The first-order chi connectivity index (χ1) is 11.0. The molecule has 0 aliphatic carbocycles. The van der Waals surface area contributed by atoms with Gasteiger partial charge in [0.2, 0.25) is 0 Å². The summed E-state index contributed by atoms with van der Waals surface area (Å²) in [5.74, 6) is 0. The lowest BCUT2D eigenvalue weighted by Crippen LogP contribution is -2.30. The van der Waals surface area contributed by atoms with Crippen LogP contribution in [-0.4, -0.2) is 9.55 Å². The van der Waals surface area contributed by atoms with E-state index in [1.165, 1.54) is 6.07 Å². The topological polar surface area (TPSA) is 78.7 Å². The van der Waals surface area contributed by atoms with Crippen LogP contribution in [0.2, 0.25) is 5.15 Å². The number of rotatable bonds is 2. The second-order valence-electron chi connectivity index (χ2n) is 3.07. The van der Waals surface area contributed by atoms with Gasteiger partial charge in [-0.1, -0.05) is 29.7 Å². The summed E-state index contributed by atoms with van der Waals surface area (Å²) >= 11 is 5.76. The maximum Gasteiger partial charge on any atom is 0.329 e. The van der Waals surface area contributed by atoms with Crippen LogP contribution < -0.4 is 11.2 Å². The lowest BCUT2D eigenvalue weighted by molar-refractivity contribution is 0.720. The number of aromatic amines is 1. The number of benzene rings is 1. The fraction of sp³-hybridized carbons (Fsp3) is 0.0833. The van der Waals surface area contributed by atoms with Crippen LogP contribution >= 0.6 is 11.6 Å². The van der Waals surface area contributed by atoms with Crippen LogP contribution in [0.3, 0.4) is 0 Å². The molecule has 0 saturated carbocycles. The quantitative estimate of drug-likeness (QED) is 0.828. The van der Waals surface area contributed by atoms with Crippen molar-refractivity contribution in [2.75, 3.05) is 0 Å². The van der Waals surface area contributed by atoms with Gasteiger partial charge in [0, 0.05) is 6.07 Å². The molecule has 0 saturated heterocycles. The second kappa shape index (κ2) is 4.90. The number of aromatic nitrogens is 2. The summed E-state index contributed by atoms with van der Waals surface area (Å²) in [6.07, 6.45) is 0. The van der Waals surface area contributed by atoms with Gasteiger partial charge < -0.3 is 0 Å². The molecule has 0 spiro atoms. The van der Waals surface area contributed by atoms with Gasteiger partial charge in [-0.3, -0.25) is 14.3 Å². The van der Waals surface area contributed by atoms with Crippen LogP contribution in [0.15, 0.2) is 39.8 Å². The van der Waals surface area contributed by atoms with Crippen molar-refractivity contribution in [2.45, 2.75) is 6.50 Å². The molecule has 0 fully saturated rings. The number of halogens is 1. The molecule has 0 radical (unpaired) electrons. The summed E-state index contributed by atoms with van der Waals surface area (Å²) in [6.45, 7) is -2.92. The van der Waals surface area contributed by atoms with Crippen LogP contribution in [0.4, 0.5) is 0 Å².